The highest BCUT2D eigenvalue weighted by Gasteiger charge is 2.21. The molecule has 5 nitrogen and oxygen atoms in total. The van der Waals surface area contributed by atoms with Crippen molar-refractivity contribution in [2.75, 3.05) is 38.0 Å². The summed E-state index contributed by atoms with van der Waals surface area (Å²) >= 11 is 5.94. The van der Waals surface area contributed by atoms with Crippen LogP contribution in [-0.2, 0) is 0 Å². The molecule has 0 radical (unpaired) electrons. The first-order valence-electron chi connectivity index (χ1n) is 8.74. The highest BCUT2D eigenvalue weighted by atomic mass is 35.5. The molecule has 6 heteroatoms. The Morgan fingerprint density at radius 1 is 0.962 bits per heavy atom. The summed E-state index contributed by atoms with van der Waals surface area (Å²) in [5, 5.41) is 3.46. The number of piperazine rings is 1. The molecule has 0 spiro atoms. The van der Waals surface area contributed by atoms with E-state index in [1.54, 1.807) is 23.1 Å². The van der Waals surface area contributed by atoms with Crippen molar-refractivity contribution in [2.24, 2.45) is 0 Å². The van der Waals surface area contributed by atoms with Crippen molar-refractivity contribution >= 4 is 29.1 Å². The van der Waals surface area contributed by atoms with E-state index in [-0.39, 0.29) is 11.8 Å². The van der Waals surface area contributed by atoms with Crippen LogP contribution in [0, 0.1) is 0 Å². The fourth-order valence-electron chi connectivity index (χ4n) is 2.97. The topological polar surface area (TPSA) is 52.7 Å². The van der Waals surface area contributed by atoms with Crippen LogP contribution < -0.4 is 5.32 Å². The molecule has 26 heavy (non-hydrogen) atoms. The number of ketones is 1. The first-order chi connectivity index (χ1) is 12.6. The van der Waals surface area contributed by atoms with Crippen LogP contribution >= 0.6 is 11.6 Å². The second-order valence-corrected chi connectivity index (χ2v) is 6.74. The van der Waals surface area contributed by atoms with E-state index in [9.17, 15) is 9.59 Å². The molecule has 3 rings (SSSR count). The van der Waals surface area contributed by atoms with E-state index in [0.29, 0.717) is 30.2 Å². The molecule has 1 aliphatic heterocycles. The molecule has 1 N–H and O–H groups in total. The van der Waals surface area contributed by atoms with Crippen LogP contribution in [0.5, 0.6) is 0 Å². The summed E-state index contributed by atoms with van der Waals surface area (Å²) in [6.45, 7) is 3.55. The van der Waals surface area contributed by atoms with Gasteiger partial charge in [0.25, 0.3) is 0 Å². The number of hydrogen-bond donors (Lipinski definition) is 1. The third-order valence-electron chi connectivity index (χ3n) is 4.49. The number of nitrogens with zero attached hydrogens (tertiary/aromatic N) is 2. The monoisotopic (exact) mass is 371 g/mol. The summed E-state index contributed by atoms with van der Waals surface area (Å²) in [6.07, 6.45) is 0.499. The molecule has 136 valence electrons. The zero-order chi connectivity index (χ0) is 18.4. The van der Waals surface area contributed by atoms with Gasteiger partial charge in [-0.1, -0.05) is 48.0 Å². The molecular formula is C20H22ClN3O2. The minimum Gasteiger partial charge on any atom is -0.322 e. The highest BCUT2D eigenvalue weighted by molar-refractivity contribution is 6.30. The van der Waals surface area contributed by atoms with E-state index < -0.39 is 0 Å². The number of benzene rings is 2. The van der Waals surface area contributed by atoms with Gasteiger partial charge in [-0.3, -0.25) is 9.69 Å². The lowest BCUT2D eigenvalue weighted by molar-refractivity contribution is 0.0942. The van der Waals surface area contributed by atoms with Crippen LogP contribution in [0.25, 0.3) is 0 Å². The van der Waals surface area contributed by atoms with Crippen molar-refractivity contribution in [1.29, 1.82) is 0 Å². The molecule has 0 aromatic heterocycles. The van der Waals surface area contributed by atoms with Gasteiger partial charge >= 0.3 is 6.03 Å². The minimum absolute atomic E-state index is 0.118. The molecule has 0 aliphatic carbocycles. The maximum Gasteiger partial charge on any atom is 0.321 e. The zero-order valence-corrected chi connectivity index (χ0v) is 15.3. The third kappa shape index (κ3) is 5.07. The van der Waals surface area contributed by atoms with Crippen LogP contribution in [-0.4, -0.2) is 54.3 Å². The minimum atomic E-state index is -0.118. The van der Waals surface area contributed by atoms with Gasteiger partial charge in [0.2, 0.25) is 0 Å². The Kier molecular flexibility index (Phi) is 6.26. The van der Waals surface area contributed by atoms with Gasteiger partial charge in [0.15, 0.2) is 5.78 Å². The summed E-state index contributed by atoms with van der Waals surface area (Å²) in [5.74, 6) is 0.159. The van der Waals surface area contributed by atoms with Gasteiger partial charge in [0.05, 0.1) is 0 Å². The Bertz CT molecular complexity index is 759. The van der Waals surface area contributed by atoms with Crippen molar-refractivity contribution in [3.05, 3.63) is 65.2 Å². The largest absolute Gasteiger partial charge is 0.322 e. The SMILES string of the molecule is O=C(CCN1CCN(C(=O)Nc2cccc(Cl)c2)CC1)c1ccccc1. The van der Waals surface area contributed by atoms with Crippen LogP contribution in [0.15, 0.2) is 54.6 Å². The molecular weight excluding hydrogens is 350 g/mol. The Hall–Kier alpha value is -2.37. The lowest BCUT2D eigenvalue weighted by Gasteiger charge is -2.34. The van der Waals surface area contributed by atoms with Crippen LogP contribution in [0.3, 0.4) is 0 Å². The Morgan fingerprint density at radius 2 is 1.69 bits per heavy atom. The Labute approximate surface area is 158 Å². The first kappa shape index (κ1) is 18.4. The van der Waals surface area contributed by atoms with E-state index in [1.807, 2.05) is 36.4 Å². The number of amides is 2. The molecule has 2 aromatic rings. The van der Waals surface area contributed by atoms with E-state index in [2.05, 4.69) is 10.2 Å². The Balaban J connectivity index is 1.42. The van der Waals surface area contributed by atoms with Crippen LogP contribution in [0.4, 0.5) is 10.5 Å². The van der Waals surface area contributed by atoms with Crippen molar-refractivity contribution < 1.29 is 9.59 Å². The molecule has 0 bridgehead atoms. The summed E-state index contributed by atoms with van der Waals surface area (Å²) in [5.41, 5.74) is 1.45. The van der Waals surface area contributed by atoms with Gasteiger partial charge in [-0.25, -0.2) is 4.79 Å². The quantitative estimate of drug-likeness (QED) is 0.814. The molecule has 2 aromatic carbocycles. The average Bonchev–Trinajstić information content (AvgIpc) is 2.67. The predicted molar refractivity (Wildman–Crippen MR) is 104 cm³/mol. The maximum atomic E-state index is 12.3. The lowest BCUT2D eigenvalue weighted by atomic mass is 10.1. The summed E-state index contributed by atoms with van der Waals surface area (Å²) in [6, 6.07) is 16.4. The zero-order valence-electron chi connectivity index (χ0n) is 14.5. The van der Waals surface area contributed by atoms with E-state index in [1.165, 1.54) is 0 Å². The molecule has 1 saturated heterocycles. The van der Waals surface area contributed by atoms with Gasteiger partial charge in [-0.05, 0) is 18.2 Å². The van der Waals surface area contributed by atoms with Gasteiger partial charge in [0.1, 0.15) is 0 Å². The number of Topliss-reactive ketones (excluding diaryl/α,β-unsaturated/α-hetero) is 1. The number of halogens is 1. The summed E-state index contributed by atoms with van der Waals surface area (Å²) in [4.78, 5) is 28.5. The smallest absolute Gasteiger partial charge is 0.321 e. The maximum absolute atomic E-state index is 12.3. The Morgan fingerprint density at radius 3 is 2.38 bits per heavy atom. The van der Waals surface area contributed by atoms with Crippen LogP contribution in [0.1, 0.15) is 16.8 Å². The average molecular weight is 372 g/mol. The van der Waals surface area contributed by atoms with E-state index in [0.717, 1.165) is 25.2 Å². The van der Waals surface area contributed by atoms with E-state index >= 15 is 0 Å². The van der Waals surface area contributed by atoms with Gasteiger partial charge in [0, 0.05) is 55.4 Å². The van der Waals surface area contributed by atoms with Crippen LogP contribution in [0.2, 0.25) is 5.02 Å². The van der Waals surface area contributed by atoms with Gasteiger partial charge in [-0.15, -0.1) is 0 Å². The number of hydrogen-bond acceptors (Lipinski definition) is 3. The molecule has 1 aliphatic rings. The number of urea groups is 1. The van der Waals surface area contributed by atoms with Crippen molar-refractivity contribution in [1.82, 2.24) is 9.80 Å². The van der Waals surface area contributed by atoms with Gasteiger partial charge < -0.3 is 10.2 Å². The second kappa shape index (κ2) is 8.83. The first-order valence-corrected chi connectivity index (χ1v) is 9.12. The highest BCUT2D eigenvalue weighted by Crippen LogP contribution is 2.16. The second-order valence-electron chi connectivity index (χ2n) is 6.31. The fraction of sp³-hybridized carbons (Fsp3) is 0.300. The third-order valence-corrected chi connectivity index (χ3v) is 4.72. The summed E-state index contributed by atoms with van der Waals surface area (Å²) < 4.78 is 0. The number of carbonyl (C=O) groups is 2. The molecule has 0 unspecified atom stereocenters. The fourth-order valence-corrected chi connectivity index (χ4v) is 3.16. The summed E-state index contributed by atoms with van der Waals surface area (Å²) in [7, 11) is 0. The molecule has 0 atom stereocenters. The molecule has 0 saturated carbocycles. The predicted octanol–water partition coefficient (Wildman–Crippen LogP) is 3.76. The number of rotatable bonds is 5. The number of carbonyl (C=O) groups excluding carboxylic acids is 2. The standard InChI is InChI=1S/C20H22ClN3O2/c21-17-7-4-8-18(15-17)22-20(26)24-13-11-23(12-14-24)10-9-19(25)16-5-2-1-3-6-16/h1-8,15H,9-14H2,(H,22,26). The number of nitrogens with one attached hydrogen (secondary N) is 1. The van der Waals surface area contributed by atoms with Crippen molar-refractivity contribution in [2.45, 2.75) is 6.42 Å². The normalized spacial score (nSPS) is 14.9. The number of anilines is 1. The van der Waals surface area contributed by atoms with E-state index in [4.69, 9.17) is 11.6 Å². The molecule has 1 fully saturated rings. The molecule has 1 heterocycles. The lowest BCUT2D eigenvalue weighted by Crippen LogP contribution is -2.50. The van der Waals surface area contributed by atoms with Crippen molar-refractivity contribution in [3.8, 4) is 0 Å². The molecule has 2 amide bonds. The van der Waals surface area contributed by atoms with Gasteiger partial charge in [-0.2, -0.15) is 0 Å². The van der Waals surface area contributed by atoms with Crippen molar-refractivity contribution in [3.63, 3.8) is 0 Å².